The lowest BCUT2D eigenvalue weighted by molar-refractivity contribution is 0.325. The van der Waals surface area contributed by atoms with Crippen molar-refractivity contribution in [3.63, 3.8) is 0 Å². The van der Waals surface area contributed by atoms with Crippen LogP contribution in [-0.2, 0) is 11.1 Å². The molecule has 41 heavy (non-hydrogen) atoms. The molecule has 0 aliphatic rings. The highest BCUT2D eigenvalue weighted by atomic mass is 127. The minimum atomic E-state index is -1.06. The topological polar surface area (TPSA) is 29.5 Å². The van der Waals surface area contributed by atoms with Crippen LogP contribution in [0, 0.1) is 40.8 Å². The number of hydrogen-bond acceptors (Lipinski definition) is 2. The first-order valence-corrected chi connectivity index (χ1v) is 16.0. The molecule has 214 valence electrons. The lowest BCUT2D eigenvalue weighted by atomic mass is 9.76. The van der Waals surface area contributed by atoms with Crippen LogP contribution in [0.25, 0.3) is 22.3 Å². The molecule has 0 aliphatic carbocycles. The average molecular weight is 688 g/mol. The minimum absolute atomic E-state index is 0.0153. The Hall–Kier alpha value is -2.19. The van der Waals surface area contributed by atoms with E-state index < -0.39 is 24.6 Å². The van der Waals surface area contributed by atoms with Crippen LogP contribution in [0.5, 0.6) is 0 Å². The first kappa shape index (κ1) is 31.7. The average Bonchev–Trinajstić information content (AvgIpc) is 2.96. The summed E-state index contributed by atoms with van der Waals surface area (Å²) in [6.45, 7) is 8.69. The molecule has 1 N–H and O–H groups in total. The molecule has 4 aromatic rings. The monoisotopic (exact) mass is 688 g/mol. The van der Waals surface area contributed by atoms with Crippen LogP contribution < -0.4 is 10.8 Å². The Balaban J connectivity index is 1.36. The molecular weight excluding hydrogens is 654 g/mol. The van der Waals surface area contributed by atoms with E-state index in [1.807, 2.05) is 36.4 Å². The van der Waals surface area contributed by atoms with Gasteiger partial charge in [0.1, 0.15) is 5.82 Å². The maximum Gasteiger partial charge on any atom is 0.491 e. The molecule has 0 radical (unpaired) electrons. The summed E-state index contributed by atoms with van der Waals surface area (Å²) >= 11 is 1.70. The molecule has 0 heterocycles. The summed E-state index contributed by atoms with van der Waals surface area (Å²) in [5.74, 6) is -1.96. The van der Waals surface area contributed by atoms with Gasteiger partial charge in [-0.25, -0.2) is 13.2 Å². The Morgan fingerprint density at radius 3 is 2.15 bits per heavy atom. The van der Waals surface area contributed by atoms with Crippen molar-refractivity contribution in [1.82, 2.24) is 0 Å². The third kappa shape index (κ3) is 7.81. The fourth-order valence-corrected chi connectivity index (χ4v) is 6.11. The van der Waals surface area contributed by atoms with E-state index in [0.717, 1.165) is 29.2 Å². The third-order valence-corrected chi connectivity index (χ3v) is 9.50. The van der Waals surface area contributed by atoms with E-state index in [-0.39, 0.29) is 14.7 Å². The van der Waals surface area contributed by atoms with Crippen LogP contribution in [-0.4, -0.2) is 18.5 Å². The molecule has 4 aromatic carbocycles. The van der Waals surface area contributed by atoms with E-state index in [1.54, 1.807) is 28.7 Å². The van der Waals surface area contributed by atoms with Gasteiger partial charge in [-0.1, -0.05) is 83.4 Å². The molecule has 0 aliphatic heterocycles. The smallest absolute Gasteiger partial charge is 0.423 e. The van der Waals surface area contributed by atoms with Gasteiger partial charge < -0.3 is 9.68 Å². The zero-order valence-electron chi connectivity index (χ0n) is 23.7. The van der Waals surface area contributed by atoms with Gasteiger partial charge in [0.05, 0.1) is 9.92 Å². The largest absolute Gasteiger partial charge is 0.491 e. The molecule has 2 atom stereocenters. The highest BCUT2D eigenvalue weighted by molar-refractivity contribution is 14.1. The molecule has 0 aromatic heterocycles. The Bertz CT molecular complexity index is 1490. The molecular formula is C33H34BF3IO2P. The van der Waals surface area contributed by atoms with Gasteiger partial charge >= 0.3 is 7.12 Å². The van der Waals surface area contributed by atoms with Gasteiger partial charge in [0.15, 0.2) is 11.6 Å². The molecule has 1 unspecified atom stereocenters. The second kappa shape index (κ2) is 14.3. The van der Waals surface area contributed by atoms with Crippen LogP contribution in [0.2, 0.25) is 0 Å². The van der Waals surface area contributed by atoms with Crippen LogP contribution in [0.3, 0.4) is 0 Å². The van der Waals surface area contributed by atoms with E-state index in [1.165, 1.54) is 47.4 Å². The summed E-state index contributed by atoms with van der Waals surface area (Å²) < 4.78 is 49.2. The number of halogens is 4. The van der Waals surface area contributed by atoms with Crippen molar-refractivity contribution < 1.29 is 22.8 Å². The van der Waals surface area contributed by atoms with Crippen LogP contribution in [0.4, 0.5) is 13.2 Å². The third-order valence-electron chi connectivity index (χ3n) is 7.62. The molecule has 8 heteroatoms. The zero-order valence-corrected chi connectivity index (χ0v) is 26.9. The predicted octanol–water partition coefficient (Wildman–Crippen LogP) is 8.30. The quantitative estimate of drug-likeness (QED) is 0.0744. The summed E-state index contributed by atoms with van der Waals surface area (Å²) in [7, 11) is -0.666. The van der Waals surface area contributed by atoms with Crippen molar-refractivity contribution in [3.05, 3.63) is 104 Å². The van der Waals surface area contributed by atoms with Crippen LogP contribution in [0.1, 0.15) is 43.4 Å². The van der Waals surface area contributed by atoms with E-state index in [2.05, 4.69) is 27.7 Å². The maximum atomic E-state index is 14.9. The summed E-state index contributed by atoms with van der Waals surface area (Å²) in [5, 5.41) is 11.7. The SMILES string of the molecule is CC[C@H](C)CCc1c(C)cc(B(O)OCPc2ccc(-c3ccc(-c4ccc(I)c(F)c4F)c(F)c3)cc2)cc1C. The lowest BCUT2D eigenvalue weighted by Crippen LogP contribution is -2.34. The Kier molecular flexibility index (Phi) is 11.1. The zero-order chi connectivity index (χ0) is 29.7. The molecule has 0 saturated heterocycles. The van der Waals surface area contributed by atoms with Gasteiger partial charge in [-0.3, -0.25) is 0 Å². The molecule has 0 saturated carbocycles. The molecule has 4 rings (SSSR count). The van der Waals surface area contributed by atoms with Crippen molar-refractivity contribution >= 4 is 49.1 Å². The van der Waals surface area contributed by atoms with E-state index in [4.69, 9.17) is 4.65 Å². The number of benzene rings is 4. The molecule has 0 fully saturated rings. The van der Waals surface area contributed by atoms with E-state index in [9.17, 15) is 18.2 Å². The second-order valence-electron chi connectivity index (χ2n) is 10.5. The lowest BCUT2D eigenvalue weighted by Gasteiger charge is -2.16. The predicted molar refractivity (Wildman–Crippen MR) is 175 cm³/mol. The Morgan fingerprint density at radius 2 is 1.51 bits per heavy atom. The molecule has 2 nitrogen and oxygen atoms in total. The highest BCUT2D eigenvalue weighted by Gasteiger charge is 2.19. The summed E-state index contributed by atoms with van der Waals surface area (Å²) in [6.07, 6.45) is 3.75. The fourth-order valence-electron chi connectivity index (χ4n) is 4.89. The second-order valence-corrected chi connectivity index (χ2v) is 12.9. The van der Waals surface area contributed by atoms with Gasteiger partial charge in [-0.15, -0.1) is 0 Å². The van der Waals surface area contributed by atoms with Crippen molar-refractivity contribution in [1.29, 1.82) is 0 Å². The van der Waals surface area contributed by atoms with Crippen LogP contribution in [0.15, 0.2) is 66.7 Å². The number of rotatable bonds is 11. The van der Waals surface area contributed by atoms with E-state index >= 15 is 0 Å². The molecule has 0 amide bonds. The van der Waals surface area contributed by atoms with Crippen molar-refractivity contribution in [3.8, 4) is 22.3 Å². The van der Waals surface area contributed by atoms with Gasteiger partial charge in [-0.2, -0.15) is 0 Å². The molecule has 0 bridgehead atoms. The minimum Gasteiger partial charge on any atom is -0.423 e. The maximum absolute atomic E-state index is 14.9. The van der Waals surface area contributed by atoms with Crippen molar-refractivity contribution in [2.45, 2.75) is 47.0 Å². The normalized spacial score (nSPS) is 12.3. The summed E-state index contributed by atoms with van der Waals surface area (Å²) in [4.78, 5) is 0. The Labute approximate surface area is 256 Å². The van der Waals surface area contributed by atoms with Gasteiger partial charge in [0, 0.05) is 11.1 Å². The van der Waals surface area contributed by atoms with Gasteiger partial charge in [-0.05, 0) is 106 Å². The Morgan fingerprint density at radius 1 is 0.878 bits per heavy atom. The van der Waals surface area contributed by atoms with Gasteiger partial charge in [0.2, 0.25) is 0 Å². The fraction of sp³-hybridized carbons (Fsp3) is 0.273. The standard InChI is InChI=1S/C33H34BF3IO2P/c1-5-20(2)6-12-27-21(3)16-25(17-22(27)4)34(39)40-19-41-26-10-7-23(8-11-26)24-9-13-28(30(35)18-24)29-14-15-31(38)33(37)32(29)36/h7-11,13-18,20,39,41H,5-6,12,19H2,1-4H3/t20-/m0/s1. The van der Waals surface area contributed by atoms with E-state index in [0.29, 0.717) is 26.4 Å². The first-order valence-electron chi connectivity index (χ1n) is 13.8. The first-order chi connectivity index (χ1) is 19.6. The number of hydrogen-bond donors (Lipinski definition) is 1. The summed E-state index contributed by atoms with van der Waals surface area (Å²) in [5.41, 5.74) is 5.85. The van der Waals surface area contributed by atoms with Crippen LogP contribution >= 0.6 is 31.2 Å². The van der Waals surface area contributed by atoms with Crippen molar-refractivity contribution in [2.24, 2.45) is 5.92 Å². The number of aryl methyl sites for hydroxylation is 2. The van der Waals surface area contributed by atoms with Crippen molar-refractivity contribution in [2.75, 3.05) is 6.35 Å². The highest BCUT2D eigenvalue weighted by Crippen LogP contribution is 2.32. The summed E-state index contributed by atoms with van der Waals surface area (Å²) in [6, 6.07) is 19.1. The molecule has 0 spiro atoms. The van der Waals surface area contributed by atoms with Gasteiger partial charge in [0.25, 0.3) is 0 Å².